The Morgan fingerprint density at radius 3 is 2.96 bits per heavy atom. The van der Waals surface area contributed by atoms with Gasteiger partial charge in [0.25, 0.3) is 5.56 Å². The molecular weight excluding hydrogens is 334 g/mol. The number of aromatic carboxylic acids is 1. The minimum atomic E-state index is -1.14. The van der Waals surface area contributed by atoms with Crippen LogP contribution in [0.15, 0.2) is 22.1 Å². The number of carboxylic acid groups (broad SMARTS) is 1. The molecule has 2 heterocycles. The predicted molar refractivity (Wildman–Crippen MR) is 84.0 cm³/mol. The molecule has 3 rings (SSSR count). The number of nitrogens with one attached hydrogen (secondary N) is 1. The molecule has 1 aromatic heterocycles. The molecule has 0 saturated carbocycles. The number of aromatic amines is 1. The highest BCUT2D eigenvalue weighted by molar-refractivity contribution is 7.98. The summed E-state index contributed by atoms with van der Waals surface area (Å²) in [4.78, 5) is 30.2. The van der Waals surface area contributed by atoms with Crippen molar-refractivity contribution >= 4 is 17.7 Å². The van der Waals surface area contributed by atoms with Gasteiger partial charge in [0.05, 0.1) is 12.2 Å². The van der Waals surface area contributed by atoms with Crippen molar-refractivity contribution in [2.24, 2.45) is 0 Å². The van der Waals surface area contributed by atoms with Crippen molar-refractivity contribution in [2.75, 3.05) is 13.0 Å². The van der Waals surface area contributed by atoms with E-state index in [1.807, 2.05) is 6.07 Å². The zero-order valence-electron chi connectivity index (χ0n) is 12.5. The van der Waals surface area contributed by atoms with Crippen molar-refractivity contribution in [2.45, 2.75) is 11.8 Å². The summed E-state index contributed by atoms with van der Waals surface area (Å²) in [5.74, 6) is -0.772. The molecule has 0 radical (unpaired) electrons. The van der Waals surface area contributed by atoms with E-state index in [4.69, 9.17) is 9.47 Å². The molecule has 0 unspecified atom stereocenters. The molecule has 0 aliphatic carbocycles. The molecule has 1 aromatic carbocycles. The largest absolute Gasteiger partial charge is 0.478 e. The van der Waals surface area contributed by atoms with Gasteiger partial charge in [0.2, 0.25) is 0 Å². The summed E-state index contributed by atoms with van der Waals surface area (Å²) in [5.41, 5.74) is 0.0985. The molecule has 1 aliphatic rings. The Morgan fingerprint density at radius 1 is 1.50 bits per heavy atom. The molecule has 8 nitrogen and oxygen atoms in total. The van der Waals surface area contributed by atoms with Crippen LogP contribution in [0, 0.1) is 11.3 Å². The van der Waals surface area contributed by atoms with Crippen molar-refractivity contribution in [3.63, 3.8) is 0 Å². The van der Waals surface area contributed by atoms with Crippen molar-refractivity contribution < 1.29 is 19.4 Å². The minimum absolute atomic E-state index is 0.00507. The third kappa shape index (κ3) is 2.73. The van der Waals surface area contributed by atoms with E-state index in [0.29, 0.717) is 16.5 Å². The lowest BCUT2D eigenvalue weighted by Gasteiger charge is -2.21. The number of fused-ring (bicyclic) bond motifs is 1. The van der Waals surface area contributed by atoms with Gasteiger partial charge in [0, 0.05) is 11.1 Å². The molecule has 1 aliphatic heterocycles. The fourth-order valence-corrected chi connectivity index (χ4v) is 2.74. The number of nitrogens with zero attached hydrogens (tertiary/aromatic N) is 2. The first-order valence-electron chi connectivity index (χ1n) is 6.74. The van der Waals surface area contributed by atoms with E-state index in [-0.39, 0.29) is 35.8 Å². The van der Waals surface area contributed by atoms with Crippen LogP contribution >= 0.6 is 11.8 Å². The monoisotopic (exact) mass is 345 g/mol. The van der Waals surface area contributed by atoms with Crippen LogP contribution < -0.4 is 10.3 Å². The van der Waals surface area contributed by atoms with E-state index >= 15 is 0 Å². The molecule has 122 valence electrons. The van der Waals surface area contributed by atoms with Crippen molar-refractivity contribution in [3.8, 4) is 23.1 Å². The van der Waals surface area contributed by atoms with Gasteiger partial charge in [-0.25, -0.2) is 9.78 Å². The lowest BCUT2D eigenvalue weighted by molar-refractivity contribution is -0.0159. The molecule has 0 bridgehead atoms. The average molecular weight is 345 g/mol. The maximum atomic E-state index is 12.1. The topological polar surface area (TPSA) is 125 Å². The molecule has 0 amide bonds. The molecule has 9 heteroatoms. The Morgan fingerprint density at radius 2 is 2.29 bits per heavy atom. The maximum Gasteiger partial charge on any atom is 0.335 e. The third-order valence-electron chi connectivity index (χ3n) is 3.41. The molecule has 2 aromatic rings. The molecule has 0 fully saturated rings. The Balaban J connectivity index is 2.36. The Bertz CT molecular complexity index is 932. The second-order valence-corrected chi connectivity index (χ2v) is 5.63. The van der Waals surface area contributed by atoms with Gasteiger partial charge in [-0.1, -0.05) is 11.8 Å². The average Bonchev–Trinajstić information content (AvgIpc) is 2.59. The highest BCUT2D eigenvalue weighted by Gasteiger charge is 2.24. The number of hydrogen-bond acceptors (Lipinski definition) is 7. The fraction of sp³-hybridized carbons (Fsp3) is 0.200. The summed E-state index contributed by atoms with van der Waals surface area (Å²) >= 11 is 1.20. The summed E-state index contributed by atoms with van der Waals surface area (Å²) in [6.07, 6.45) is 1.72. The normalized spacial score (nSPS) is 12.8. The Hall–Kier alpha value is -2.83. The van der Waals surface area contributed by atoms with Gasteiger partial charge in [0.15, 0.2) is 11.9 Å². The smallest absolute Gasteiger partial charge is 0.335 e. The number of thioether (sulfide) groups is 1. The summed E-state index contributed by atoms with van der Waals surface area (Å²) in [6, 6.07) is 4.61. The lowest BCUT2D eigenvalue weighted by atomic mass is 9.99. The second kappa shape index (κ2) is 6.35. The maximum absolute atomic E-state index is 12.1. The number of hydrogen-bond donors (Lipinski definition) is 2. The number of H-pyrrole nitrogens is 1. The van der Waals surface area contributed by atoms with Gasteiger partial charge in [0.1, 0.15) is 23.1 Å². The molecular formula is C15H11N3O5S. The van der Waals surface area contributed by atoms with Gasteiger partial charge in [-0.3, -0.25) is 4.79 Å². The number of carboxylic acids is 1. The first-order valence-corrected chi connectivity index (χ1v) is 7.97. The minimum Gasteiger partial charge on any atom is -0.478 e. The van der Waals surface area contributed by atoms with Gasteiger partial charge < -0.3 is 19.6 Å². The van der Waals surface area contributed by atoms with E-state index in [0.717, 1.165) is 0 Å². The molecule has 24 heavy (non-hydrogen) atoms. The summed E-state index contributed by atoms with van der Waals surface area (Å²) in [6.45, 7) is 0.163. The van der Waals surface area contributed by atoms with E-state index in [1.165, 1.54) is 23.9 Å². The number of nitriles is 1. The van der Waals surface area contributed by atoms with E-state index in [1.54, 1.807) is 6.26 Å². The van der Waals surface area contributed by atoms with Gasteiger partial charge in [-0.05, 0) is 18.4 Å². The lowest BCUT2D eigenvalue weighted by Crippen LogP contribution is -2.17. The zero-order chi connectivity index (χ0) is 17.3. The SMILES string of the molecule is CSc1nc(-c2cc(C(=O)O)cc3c2OCOC3)c(C#N)c(=O)[nH]1. The van der Waals surface area contributed by atoms with Crippen molar-refractivity contribution in [1.82, 2.24) is 9.97 Å². The van der Waals surface area contributed by atoms with E-state index in [9.17, 15) is 20.0 Å². The molecule has 0 spiro atoms. The van der Waals surface area contributed by atoms with Crippen LogP contribution in [0.5, 0.6) is 5.75 Å². The molecule has 2 N–H and O–H groups in total. The third-order valence-corrected chi connectivity index (χ3v) is 3.99. The van der Waals surface area contributed by atoms with Crippen LogP contribution in [0.4, 0.5) is 0 Å². The predicted octanol–water partition coefficient (Wildman–Crippen LogP) is 1.60. The van der Waals surface area contributed by atoms with Crippen LogP contribution in [-0.4, -0.2) is 34.1 Å². The van der Waals surface area contributed by atoms with Crippen molar-refractivity contribution in [1.29, 1.82) is 5.26 Å². The fourth-order valence-electron chi connectivity index (χ4n) is 2.37. The summed E-state index contributed by atoms with van der Waals surface area (Å²) < 4.78 is 10.6. The van der Waals surface area contributed by atoms with Gasteiger partial charge in [-0.15, -0.1) is 0 Å². The zero-order valence-corrected chi connectivity index (χ0v) is 13.3. The molecule has 0 saturated heterocycles. The van der Waals surface area contributed by atoms with Crippen LogP contribution in [0.2, 0.25) is 0 Å². The Kier molecular flexibility index (Phi) is 4.24. The summed E-state index contributed by atoms with van der Waals surface area (Å²) in [7, 11) is 0. The number of ether oxygens (including phenoxy) is 2. The Labute approximate surface area is 140 Å². The molecule has 0 atom stereocenters. The van der Waals surface area contributed by atoms with Crippen LogP contribution in [0.1, 0.15) is 21.5 Å². The number of carbonyl (C=O) groups is 1. The van der Waals surface area contributed by atoms with Crippen LogP contribution in [0.3, 0.4) is 0 Å². The van der Waals surface area contributed by atoms with Gasteiger partial charge in [-0.2, -0.15) is 5.26 Å². The number of aromatic nitrogens is 2. The second-order valence-electron chi connectivity index (χ2n) is 4.84. The first-order chi connectivity index (χ1) is 11.5. The quantitative estimate of drug-likeness (QED) is 0.634. The first kappa shape index (κ1) is 16.0. The number of rotatable bonds is 3. The van der Waals surface area contributed by atoms with E-state index in [2.05, 4.69) is 9.97 Å². The number of benzene rings is 1. The highest BCUT2D eigenvalue weighted by atomic mass is 32.2. The van der Waals surface area contributed by atoms with Crippen LogP contribution in [0.25, 0.3) is 11.3 Å². The summed E-state index contributed by atoms with van der Waals surface area (Å²) in [5, 5.41) is 18.9. The van der Waals surface area contributed by atoms with Crippen molar-refractivity contribution in [3.05, 3.63) is 39.2 Å². The van der Waals surface area contributed by atoms with Gasteiger partial charge >= 0.3 is 5.97 Å². The highest BCUT2D eigenvalue weighted by Crippen LogP contribution is 2.37. The van der Waals surface area contributed by atoms with E-state index < -0.39 is 11.5 Å². The van der Waals surface area contributed by atoms with Crippen LogP contribution in [-0.2, 0) is 11.3 Å². The standard InChI is InChI=1S/C15H11N3O5S/c1-24-15-17-11(10(4-16)13(19)18-15)9-3-7(14(20)21)2-8-5-22-6-23-12(8)9/h2-3H,5-6H2,1H3,(H,20,21)(H,17,18,19).